The van der Waals surface area contributed by atoms with Crippen LogP contribution in [-0.2, 0) is 14.3 Å². The first-order valence-corrected chi connectivity index (χ1v) is 6.42. The van der Waals surface area contributed by atoms with E-state index in [0.717, 1.165) is 11.1 Å². The normalized spacial score (nSPS) is 37.8. The Morgan fingerprint density at radius 1 is 1.37 bits per heavy atom. The van der Waals surface area contributed by atoms with Crippen LogP contribution in [0.1, 0.15) is 20.3 Å². The summed E-state index contributed by atoms with van der Waals surface area (Å²) in [7, 11) is 0. The highest BCUT2D eigenvalue weighted by Crippen LogP contribution is 2.47. The molecule has 100 valence electrons. The van der Waals surface area contributed by atoms with Gasteiger partial charge >= 0.3 is 5.97 Å². The number of carbonyl (C=O) groups is 2. The Bertz CT molecular complexity index is 567. The number of aliphatic hydroxyl groups excluding tert-OH is 1. The minimum Gasteiger partial charge on any atom is -0.457 e. The Balaban J connectivity index is 2.14. The Hall–Kier alpha value is -1.68. The molecule has 3 rings (SSSR count). The smallest absolute Gasteiger partial charge is 0.334 e. The number of allylic oxidation sites excluding steroid dienone is 1. The molecule has 2 aliphatic carbocycles. The lowest BCUT2D eigenvalue weighted by Crippen LogP contribution is -2.33. The second-order valence-corrected chi connectivity index (χ2v) is 5.62. The van der Waals surface area contributed by atoms with Crippen molar-refractivity contribution >= 4 is 11.8 Å². The zero-order chi connectivity index (χ0) is 13.9. The molecule has 4 atom stereocenters. The quantitative estimate of drug-likeness (QED) is 0.527. The van der Waals surface area contributed by atoms with Crippen molar-refractivity contribution < 1.29 is 19.4 Å². The average Bonchev–Trinajstić information content (AvgIpc) is 2.72. The summed E-state index contributed by atoms with van der Waals surface area (Å²) >= 11 is 0. The van der Waals surface area contributed by atoms with Gasteiger partial charge in [0, 0.05) is 17.1 Å². The number of ether oxygens (including phenoxy) is 1. The summed E-state index contributed by atoms with van der Waals surface area (Å²) in [4.78, 5) is 23.8. The van der Waals surface area contributed by atoms with Crippen LogP contribution in [0, 0.1) is 11.8 Å². The summed E-state index contributed by atoms with van der Waals surface area (Å²) in [5.74, 6) is -1.13. The standard InChI is InChI=1S/C15H16O4/c1-6-4-10(17)13-8(3)15(18)19-14(13)12-7(2)5-9(16)11(6)12/h5,10,12-14,17H,3-4H2,1-2H3/t10-,12+,13-,14-/m1/s1. The molecule has 0 unspecified atom stereocenters. The maximum atomic E-state index is 12.1. The molecule has 0 saturated carbocycles. The number of hydrogen-bond acceptors (Lipinski definition) is 4. The Labute approximate surface area is 111 Å². The summed E-state index contributed by atoms with van der Waals surface area (Å²) in [5.41, 5.74) is 2.78. The van der Waals surface area contributed by atoms with Crippen LogP contribution in [0.2, 0.25) is 0 Å². The average molecular weight is 260 g/mol. The van der Waals surface area contributed by atoms with Crippen molar-refractivity contribution in [3.05, 3.63) is 34.9 Å². The van der Waals surface area contributed by atoms with Gasteiger partial charge in [0.05, 0.1) is 12.0 Å². The van der Waals surface area contributed by atoms with E-state index in [2.05, 4.69) is 6.58 Å². The number of aliphatic hydroxyl groups is 1. The van der Waals surface area contributed by atoms with Gasteiger partial charge in [-0.1, -0.05) is 17.7 Å². The maximum absolute atomic E-state index is 12.1. The van der Waals surface area contributed by atoms with Gasteiger partial charge in [-0.25, -0.2) is 4.79 Å². The summed E-state index contributed by atoms with van der Waals surface area (Å²) < 4.78 is 5.38. The summed E-state index contributed by atoms with van der Waals surface area (Å²) in [6.45, 7) is 7.47. The molecule has 19 heavy (non-hydrogen) atoms. The molecule has 4 heteroatoms. The van der Waals surface area contributed by atoms with E-state index in [1.165, 1.54) is 0 Å². The van der Waals surface area contributed by atoms with E-state index in [-0.39, 0.29) is 11.7 Å². The third kappa shape index (κ3) is 1.56. The van der Waals surface area contributed by atoms with E-state index in [9.17, 15) is 14.7 Å². The third-order valence-corrected chi connectivity index (χ3v) is 4.41. The van der Waals surface area contributed by atoms with Crippen molar-refractivity contribution in [2.75, 3.05) is 0 Å². The minimum absolute atomic E-state index is 0.0265. The molecule has 0 bridgehead atoms. The van der Waals surface area contributed by atoms with E-state index in [1.54, 1.807) is 6.08 Å². The van der Waals surface area contributed by atoms with E-state index in [4.69, 9.17) is 4.74 Å². The lowest BCUT2D eigenvalue weighted by atomic mass is 9.82. The van der Waals surface area contributed by atoms with Gasteiger partial charge < -0.3 is 9.84 Å². The third-order valence-electron chi connectivity index (χ3n) is 4.41. The molecule has 4 nitrogen and oxygen atoms in total. The molecule has 3 aliphatic rings. The van der Waals surface area contributed by atoms with Crippen LogP contribution in [0.15, 0.2) is 34.9 Å². The zero-order valence-corrected chi connectivity index (χ0v) is 11.0. The number of ketones is 1. The largest absolute Gasteiger partial charge is 0.457 e. The van der Waals surface area contributed by atoms with Crippen LogP contribution in [0.3, 0.4) is 0 Å². The van der Waals surface area contributed by atoms with Crippen LogP contribution in [0.5, 0.6) is 0 Å². The first-order valence-electron chi connectivity index (χ1n) is 6.42. The highest BCUT2D eigenvalue weighted by Gasteiger charge is 2.52. The second-order valence-electron chi connectivity index (χ2n) is 5.62. The van der Waals surface area contributed by atoms with E-state index >= 15 is 0 Å². The molecule has 1 fully saturated rings. The Kier molecular flexibility index (Phi) is 2.54. The molecule has 0 aromatic carbocycles. The van der Waals surface area contributed by atoms with Gasteiger partial charge in [-0.05, 0) is 26.3 Å². The maximum Gasteiger partial charge on any atom is 0.334 e. The molecule has 0 radical (unpaired) electrons. The first kappa shape index (κ1) is 12.4. The van der Waals surface area contributed by atoms with Crippen molar-refractivity contribution in [3.8, 4) is 0 Å². The predicted molar refractivity (Wildman–Crippen MR) is 68.1 cm³/mol. The highest BCUT2D eigenvalue weighted by atomic mass is 16.6. The van der Waals surface area contributed by atoms with Gasteiger partial charge in [0.15, 0.2) is 5.78 Å². The minimum atomic E-state index is -0.720. The highest BCUT2D eigenvalue weighted by molar-refractivity contribution is 6.09. The van der Waals surface area contributed by atoms with Crippen molar-refractivity contribution in [2.45, 2.75) is 32.5 Å². The second kappa shape index (κ2) is 3.90. The number of fused-ring (bicyclic) bond motifs is 3. The van der Waals surface area contributed by atoms with Crippen molar-refractivity contribution in [2.24, 2.45) is 11.8 Å². The molecule has 1 heterocycles. The molecule has 0 aromatic heterocycles. The number of rotatable bonds is 0. The van der Waals surface area contributed by atoms with E-state index in [0.29, 0.717) is 17.6 Å². The fourth-order valence-corrected chi connectivity index (χ4v) is 3.54. The first-order chi connectivity index (χ1) is 8.91. The van der Waals surface area contributed by atoms with Crippen LogP contribution >= 0.6 is 0 Å². The number of carbonyl (C=O) groups excluding carboxylic acids is 2. The molecular weight excluding hydrogens is 244 g/mol. The van der Waals surface area contributed by atoms with Crippen molar-refractivity contribution in [3.63, 3.8) is 0 Å². The van der Waals surface area contributed by atoms with E-state index in [1.807, 2.05) is 13.8 Å². The van der Waals surface area contributed by atoms with Crippen LogP contribution in [0.25, 0.3) is 0 Å². The molecule has 0 spiro atoms. The lowest BCUT2D eigenvalue weighted by molar-refractivity contribution is -0.140. The fraction of sp³-hybridized carbons (Fsp3) is 0.467. The van der Waals surface area contributed by atoms with Gasteiger partial charge in [0.1, 0.15) is 6.10 Å². The molecule has 1 aliphatic heterocycles. The van der Waals surface area contributed by atoms with Crippen molar-refractivity contribution in [1.82, 2.24) is 0 Å². The van der Waals surface area contributed by atoms with Gasteiger partial charge in [0.25, 0.3) is 0 Å². The van der Waals surface area contributed by atoms with Crippen molar-refractivity contribution in [1.29, 1.82) is 0 Å². The topological polar surface area (TPSA) is 63.6 Å². The van der Waals surface area contributed by atoms with Gasteiger partial charge in [-0.3, -0.25) is 4.79 Å². The predicted octanol–water partition coefficient (Wildman–Crippen LogP) is 1.31. The molecule has 1 N–H and O–H groups in total. The van der Waals surface area contributed by atoms with Crippen LogP contribution < -0.4 is 0 Å². The Morgan fingerprint density at radius 2 is 2.05 bits per heavy atom. The molecule has 1 saturated heterocycles. The Morgan fingerprint density at radius 3 is 2.74 bits per heavy atom. The number of hydrogen-bond donors (Lipinski definition) is 1. The molecule has 0 amide bonds. The molecular formula is C15H16O4. The SMILES string of the molecule is C=C1C(=O)O[C@@H]2[C@H]3C(C)=CC(=O)C3=C(C)C[C@@H](O)[C@@H]12. The van der Waals surface area contributed by atoms with Gasteiger partial charge in [-0.15, -0.1) is 0 Å². The fourth-order valence-electron chi connectivity index (χ4n) is 3.54. The molecule has 0 aromatic rings. The number of esters is 1. The summed E-state index contributed by atoms with van der Waals surface area (Å²) in [6.07, 6.45) is 0.774. The monoisotopic (exact) mass is 260 g/mol. The van der Waals surface area contributed by atoms with Gasteiger partial charge in [0.2, 0.25) is 0 Å². The van der Waals surface area contributed by atoms with Gasteiger partial charge in [-0.2, -0.15) is 0 Å². The summed E-state index contributed by atoms with van der Waals surface area (Å²) in [5, 5.41) is 10.3. The van der Waals surface area contributed by atoms with Crippen LogP contribution in [-0.4, -0.2) is 29.1 Å². The zero-order valence-electron chi connectivity index (χ0n) is 11.0. The lowest BCUT2D eigenvalue weighted by Gasteiger charge is -2.25. The van der Waals surface area contributed by atoms with Crippen LogP contribution in [0.4, 0.5) is 0 Å². The summed E-state index contributed by atoms with van der Waals surface area (Å²) in [6, 6.07) is 0. The van der Waals surface area contributed by atoms with E-state index < -0.39 is 24.1 Å².